The van der Waals surface area contributed by atoms with Crippen molar-refractivity contribution in [1.82, 2.24) is 4.90 Å². The van der Waals surface area contributed by atoms with Crippen molar-refractivity contribution in [1.29, 1.82) is 0 Å². The molecule has 0 bridgehead atoms. The van der Waals surface area contributed by atoms with Crippen LogP contribution in [0.3, 0.4) is 0 Å². The Hall–Kier alpha value is -2.91. The number of aromatic hydroxyl groups is 1. The zero-order valence-corrected chi connectivity index (χ0v) is 19.7. The largest absolute Gasteiger partial charge is 0.507 e. The minimum Gasteiger partial charge on any atom is -0.507 e. The number of hydrogen-bond acceptors (Lipinski definition) is 6. The molecule has 0 saturated carbocycles. The van der Waals surface area contributed by atoms with Gasteiger partial charge in [-0.1, -0.05) is 19.4 Å². The van der Waals surface area contributed by atoms with Gasteiger partial charge < -0.3 is 23.9 Å². The van der Waals surface area contributed by atoms with Crippen molar-refractivity contribution in [3.8, 4) is 28.4 Å². The van der Waals surface area contributed by atoms with Crippen LogP contribution in [0.15, 0.2) is 33.5 Å². The fourth-order valence-electron chi connectivity index (χ4n) is 4.03. The molecule has 1 aliphatic heterocycles. The zero-order chi connectivity index (χ0) is 23.9. The van der Waals surface area contributed by atoms with Crippen molar-refractivity contribution in [2.75, 3.05) is 27.3 Å². The van der Waals surface area contributed by atoms with Gasteiger partial charge in [0.05, 0.1) is 16.5 Å². The normalized spacial score (nSPS) is 13.3. The Morgan fingerprint density at radius 3 is 2.38 bits per heavy atom. The van der Waals surface area contributed by atoms with E-state index in [-0.39, 0.29) is 59.2 Å². The first-order valence-corrected chi connectivity index (χ1v) is 10.6. The van der Waals surface area contributed by atoms with E-state index < -0.39 is 22.9 Å². The molecule has 0 aliphatic carbocycles. The van der Waals surface area contributed by atoms with Crippen LogP contribution in [-0.4, -0.2) is 37.3 Å². The topological polar surface area (TPSA) is 72.1 Å². The Labute approximate surface area is 200 Å². The van der Waals surface area contributed by atoms with Gasteiger partial charge in [-0.2, -0.15) is 13.2 Å². The quantitative estimate of drug-likeness (QED) is 0.507. The van der Waals surface area contributed by atoms with Crippen molar-refractivity contribution >= 4 is 23.4 Å². The average Bonchev–Trinajstić information content (AvgIpc) is 2.76. The predicted octanol–water partition coefficient (Wildman–Crippen LogP) is 5.39. The molecule has 0 radical (unpaired) electrons. The molecule has 2 aromatic carbocycles. The Morgan fingerprint density at radius 2 is 1.76 bits per heavy atom. The number of halogens is 4. The van der Waals surface area contributed by atoms with Gasteiger partial charge >= 0.3 is 6.18 Å². The highest BCUT2D eigenvalue weighted by atomic mass is 35.5. The number of benzene rings is 2. The summed E-state index contributed by atoms with van der Waals surface area (Å²) in [6.45, 7) is 2.59. The van der Waals surface area contributed by atoms with E-state index in [2.05, 4.69) is 0 Å². The summed E-state index contributed by atoms with van der Waals surface area (Å²) in [5.41, 5.74) is -1.03. The summed E-state index contributed by atoms with van der Waals surface area (Å²) >= 11 is 0. The van der Waals surface area contributed by atoms with Crippen molar-refractivity contribution in [3.63, 3.8) is 0 Å². The third-order valence-electron chi connectivity index (χ3n) is 5.41. The SMILES string of the molecule is CCCc1cc2c(=O)c(-c3ccc4c(c3)OCCO4)c(C(F)(F)F)oc2c(CN(C)C)c1O.Cl. The summed E-state index contributed by atoms with van der Waals surface area (Å²) < 4.78 is 58.7. The molecule has 4 rings (SSSR count). The predicted molar refractivity (Wildman–Crippen MR) is 124 cm³/mol. The van der Waals surface area contributed by atoms with Gasteiger partial charge in [-0.05, 0) is 49.8 Å². The first-order valence-electron chi connectivity index (χ1n) is 10.6. The third-order valence-corrected chi connectivity index (χ3v) is 5.41. The molecule has 6 nitrogen and oxygen atoms in total. The minimum atomic E-state index is -4.94. The van der Waals surface area contributed by atoms with Crippen LogP contribution in [0.4, 0.5) is 13.2 Å². The van der Waals surface area contributed by atoms with Crippen LogP contribution in [0.1, 0.15) is 30.2 Å². The lowest BCUT2D eigenvalue weighted by molar-refractivity contribution is -0.152. The summed E-state index contributed by atoms with van der Waals surface area (Å²) in [6.07, 6.45) is -3.80. The summed E-state index contributed by atoms with van der Waals surface area (Å²) in [7, 11) is 3.42. The maximum absolute atomic E-state index is 14.1. The Bertz CT molecular complexity index is 1270. The highest BCUT2D eigenvalue weighted by Gasteiger charge is 2.40. The average molecular weight is 500 g/mol. The Morgan fingerprint density at radius 1 is 1.09 bits per heavy atom. The van der Waals surface area contributed by atoms with Crippen molar-refractivity contribution in [2.45, 2.75) is 32.5 Å². The van der Waals surface area contributed by atoms with E-state index in [1.54, 1.807) is 19.0 Å². The van der Waals surface area contributed by atoms with Gasteiger partial charge in [0.2, 0.25) is 11.2 Å². The van der Waals surface area contributed by atoms with Gasteiger partial charge in [0.15, 0.2) is 11.5 Å². The van der Waals surface area contributed by atoms with Crippen LogP contribution < -0.4 is 14.9 Å². The molecule has 0 amide bonds. The molecule has 1 aliphatic rings. The lowest BCUT2D eigenvalue weighted by Gasteiger charge is -2.20. The van der Waals surface area contributed by atoms with Gasteiger partial charge in [0.25, 0.3) is 0 Å². The molecule has 0 fully saturated rings. The van der Waals surface area contributed by atoms with Gasteiger partial charge in [0, 0.05) is 6.54 Å². The number of fused-ring (bicyclic) bond motifs is 2. The van der Waals surface area contributed by atoms with Gasteiger partial charge in [0.1, 0.15) is 24.5 Å². The maximum Gasteiger partial charge on any atom is 0.450 e. The molecule has 1 N–H and O–H groups in total. The highest BCUT2D eigenvalue weighted by Crippen LogP contribution is 2.42. The fourth-order valence-corrected chi connectivity index (χ4v) is 4.03. The van der Waals surface area contributed by atoms with Crippen LogP contribution in [0, 0.1) is 0 Å². The van der Waals surface area contributed by atoms with E-state index in [9.17, 15) is 23.1 Å². The molecular weight excluding hydrogens is 475 g/mol. The van der Waals surface area contributed by atoms with Gasteiger partial charge in [-0.3, -0.25) is 4.79 Å². The molecular formula is C24H25ClF3NO5. The third kappa shape index (κ3) is 4.67. The molecule has 3 aromatic rings. The lowest BCUT2D eigenvalue weighted by Crippen LogP contribution is -2.19. The first kappa shape index (κ1) is 25.7. The smallest absolute Gasteiger partial charge is 0.450 e. The summed E-state index contributed by atoms with van der Waals surface area (Å²) in [6, 6.07) is 5.65. The molecule has 10 heteroatoms. The van der Waals surface area contributed by atoms with E-state index in [1.165, 1.54) is 24.3 Å². The number of aryl methyl sites for hydroxylation is 1. The van der Waals surface area contributed by atoms with E-state index in [4.69, 9.17) is 13.9 Å². The van der Waals surface area contributed by atoms with Crippen molar-refractivity contribution < 1.29 is 32.2 Å². The summed E-state index contributed by atoms with van der Waals surface area (Å²) in [5, 5.41) is 10.8. The standard InChI is InChI=1S/C24H24F3NO5.ClH/c1-4-5-14-10-15-21(30)19(13-6-7-17-18(11-13)32-9-8-31-17)23(24(25,26)27)33-22(15)16(20(14)29)12-28(2)3;/h6-7,10-11,29H,4-5,8-9,12H2,1-3H3;1H. The summed E-state index contributed by atoms with van der Waals surface area (Å²) in [4.78, 5) is 15.2. The van der Waals surface area contributed by atoms with Crippen LogP contribution in [0.25, 0.3) is 22.1 Å². The molecule has 0 atom stereocenters. The molecule has 1 aromatic heterocycles. The number of rotatable bonds is 5. The van der Waals surface area contributed by atoms with Crippen molar-refractivity contribution in [3.05, 3.63) is 51.4 Å². The van der Waals surface area contributed by atoms with Gasteiger partial charge in [-0.15, -0.1) is 12.4 Å². The molecule has 0 saturated heterocycles. The first-order chi connectivity index (χ1) is 15.6. The van der Waals surface area contributed by atoms with E-state index in [0.717, 1.165) is 0 Å². The second kappa shape index (κ2) is 9.76. The number of phenolic OH excluding ortho intramolecular Hbond substituents is 1. The van der Waals surface area contributed by atoms with E-state index in [0.29, 0.717) is 30.8 Å². The number of phenols is 1. The number of ether oxygens (including phenoxy) is 2. The monoisotopic (exact) mass is 499 g/mol. The van der Waals surface area contributed by atoms with Gasteiger partial charge in [-0.25, -0.2) is 0 Å². The number of alkyl halides is 3. The maximum atomic E-state index is 14.1. The highest BCUT2D eigenvalue weighted by molar-refractivity contribution is 5.88. The molecule has 0 spiro atoms. The second-order valence-electron chi connectivity index (χ2n) is 8.22. The molecule has 184 valence electrons. The van der Waals surface area contributed by atoms with Crippen LogP contribution >= 0.6 is 12.4 Å². The van der Waals surface area contributed by atoms with Crippen LogP contribution in [0.2, 0.25) is 0 Å². The zero-order valence-electron chi connectivity index (χ0n) is 18.9. The lowest BCUT2D eigenvalue weighted by atomic mass is 9.96. The van der Waals surface area contributed by atoms with E-state index in [1.807, 2.05) is 6.92 Å². The Kier molecular flexibility index (Phi) is 7.38. The van der Waals surface area contributed by atoms with E-state index >= 15 is 0 Å². The van der Waals surface area contributed by atoms with Crippen molar-refractivity contribution in [2.24, 2.45) is 0 Å². The number of hydrogen-bond donors (Lipinski definition) is 1. The molecule has 2 heterocycles. The second-order valence-corrected chi connectivity index (χ2v) is 8.22. The van der Waals surface area contributed by atoms with Crippen LogP contribution in [-0.2, 0) is 19.1 Å². The Balaban J connectivity index is 0.00000324. The summed E-state index contributed by atoms with van der Waals surface area (Å²) in [5.74, 6) is -0.912. The van der Waals surface area contributed by atoms with Crippen LogP contribution in [0.5, 0.6) is 17.2 Å². The minimum absolute atomic E-state index is 0. The number of nitrogens with zero attached hydrogens (tertiary/aromatic N) is 1. The molecule has 0 unspecified atom stereocenters. The fraction of sp³-hybridized carbons (Fsp3) is 0.375. The molecule has 34 heavy (non-hydrogen) atoms.